The van der Waals surface area contributed by atoms with Gasteiger partial charge in [0.1, 0.15) is 5.82 Å². The van der Waals surface area contributed by atoms with Crippen molar-refractivity contribution in [1.82, 2.24) is 10.2 Å². The summed E-state index contributed by atoms with van der Waals surface area (Å²) in [6.07, 6.45) is 5.19. The number of hydrogen-bond acceptors (Lipinski definition) is 4. The number of likely N-dealkylation sites (tertiary alicyclic amines) is 1. The average Bonchev–Trinajstić information content (AvgIpc) is 2.76. The van der Waals surface area contributed by atoms with E-state index in [0.717, 1.165) is 57.9 Å². The van der Waals surface area contributed by atoms with Gasteiger partial charge in [0.05, 0.1) is 31.5 Å². The lowest BCUT2D eigenvalue weighted by Gasteiger charge is -2.35. The Kier molecular flexibility index (Phi) is 8.70. The van der Waals surface area contributed by atoms with Crippen LogP contribution in [0.1, 0.15) is 50.7 Å². The molecule has 1 aromatic carbocycles. The summed E-state index contributed by atoms with van der Waals surface area (Å²) < 4.78 is 24.9. The van der Waals surface area contributed by atoms with Crippen molar-refractivity contribution >= 4 is 5.96 Å². The molecule has 0 radical (unpaired) electrons. The first-order chi connectivity index (χ1) is 14.2. The summed E-state index contributed by atoms with van der Waals surface area (Å²) in [6, 6.07) is 5.91. The third-order valence-electron chi connectivity index (χ3n) is 5.54. The van der Waals surface area contributed by atoms with Crippen molar-refractivity contribution in [3.8, 4) is 0 Å². The molecule has 0 amide bonds. The Morgan fingerprint density at radius 2 is 2.03 bits per heavy atom. The Hall–Kier alpha value is -1.70. The summed E-state index contributed by atoms with van der Waals surface area (Å²) in [7, 11) is 0. The topological polar surface area (TPSA) is 66.3 Å². The lowest BCUT2D eigenvalue weighted by Crippen LogP contribution is -2.47. The molecule has 2 heterocycles. The Labute approximate surface area is 173 Å². The summed E-state index contributed by atoms with van der Waals surface area (Å²) in [5.74, 6) is 0.501. The largest absolute Gasteiger partial charge is 0.386 e. The molecule has 0 aliphatic carbocycles. The number of nitrogens with one attached hydrogen (secondary N) is 1. The van der Waals surface area contributed by atoms with Gasteiger partial charge in [-0.3, -0.25) is 4.99 Å². The van der Waals surface area contributed by atoms with E-state index in [-0.39, 0.29) is 24.6 Å². The number of benzene rings is 1. The monoisotopic (exact) mass is 407 g/mol. The molecule has 1 aromatic rings. The van der Waals surface area contributed by atoms with Crippen molar-refractivity contribution < 1.29 is 19.0 Å². The smallest absolute Gasteiger partial charge is 0.194 e. The molecule has 0 aromatic heterocycles. The standard InChI is InChI=1S/C22H34FN3O3/c1-2-24-22(25-15-21(27)17-6-8-18(23)9-7-17)26-12-10-19(11-13-26)29-16-20-5-3-4-14-28-20/h6-9,19-21,27H,2-5,10-16H2,1H3,(H,24,25). The maximum absolute atomic E-state index is 13.1. The summed E-state index contributed by atoms with van der Waals surface area (Å²) in [4.78, 5) is 6.83. The number of hydrogen-bond donors (Lipinski definition) is 2. The van der Waals surface area contributed by atoms with E-state index in [9.17, 15) is 9.50 Å². The number of nitrogens with zero attached hydrogens (tertiary/aromatic N) is 2. The van der Waals surface area contributed by atoms with Crippen LogP contribution in [-0.2, 0) is 9.47 Å². The number of rotatable bonds is 7. The van der Waals surface area contributed by atoms with E-state index >= 15 is 0 Å². The Morgan fingerprint density at radius 3 is 2.69 bits per heavy atom. The zero-order chi connectivity index (χ0) is 20.5. The van der Waals surface area contributed by atoms with Gasteiger partial charge in [-0.25, -0.2) is 4.39 Å². The van der Waals surface area contributed by atoms with Gasteiger partial charge in [-0.2, -0.15) is 0 Å². The van der Waals surface area contributed by atoms with Gasteiger partial charge in [0.25, 0.3) is 0 Å². The highest BCUT2D eigenvalue weighted by Crippen LogP contribution is 2.19. The van der Waals surface area contributed by atoms with E-state index in [1.54, 1.807) is 12.1 Å². The van der Waals surface area contributed by atoms with Crippen molar-refractivity contribution in [3.63, 3.8) is 0 Å². The second kappa shape index (κ2) is 11.5. The molecular weight excluding hydrogens is 373 g/mol. The molecule has 6 nitrogen and oxygen atoms in total. The SMILES string of the molecule is CCNC(=NCC(O)c1ccc(F)cc1)N1CCC(OCC2CCCCO2)CC1. The maximum Gasteiger partial charge on any atom is 0.194 e. The fourth-order valence-corrected chi connectivity index (χ4v) is 3.81. The van der Waals surface area contributed by atoms with Gasteiger partial charge in [0.2, 0.25) is 0 Å². The van der Waals surface area contributed by atoms with Gasteiger partial charge in [0, 0.05) is 26.2 Å². The molecule has 2 aliphatic heterocycles. The van der Waals surface area contributed by atoms with E-state index in [1.807, 2.05) is 6.92 Å². The van der Waals surface area contributed by atoms with Gasteiger partial charge in [-0.05, 0) is 56.7 Å². The minimum atomic E-state index is -0.749. The van der Waals surface area contributed by atoms with Crippen molar-refractivity contribution in [1.29, 1.82) is 0 Å². The van der Waals surface area contributed by atoms with Crippen LogP contribution in [0.25, 0.3) is 0 Å². The van der Waals surface area contributed by atoms with Crippen molar-refractivity contribution in [2.75, 3.05) is 39.4 Å². The summed E-state index contributed by atoms with van der Waals surface area (Å²) in [5.41, 5.74) is 0.669. The molecule has 7 heteroatoms. The van der Waals surface area contributed by atoms with Crippen LogP contribution in [0.15, 0.2) is 29.3 Å². The molecule has 162 valence electrons. The van der Waals surface area contributed by atoms with Crippen LogP contribution in [0.5, 0.6) is 0 Å². The highest BCUT2D eigenvalue weighted by Gasteiger charge is 2.24. The number of halogens is 1. The Bertz CT molecular complexity index is 627. The fraction of sp³-hybridized carbons (Fsp3) is 0.682. The van der Waals surface area contributed by atoms with Gasteiger partial charge in [0.15, 0.2) is 5.96 Å². The van der Waals surface area contributed by atoms with E-state index in [1.165, 1.54) is 18.6 Å². The normalized spacial score (nSPS) is 22.5. The zero-order valence-corrected chi connectivity index (χ0v) is 17.4. The van der Waals surface area contributed by atoms with Crippen molar-refractivity contribution in [2.24, 2.45) is 4.99 Å². The summed E-state index contributed by atoms with van der Waals surface area (Å²) in [6.45, 7) is 6.33. The number of ether oxygens (including phenoxy) is 2. The molecule has 2 aliphatic rings. The van der Waals surface area contributed by atoms with Crippen LogP contribution < -0.4 is 5.32 Å². The number of aliphatic hydroxyl groups excluding tert-OH is 1. The van der Waals surface area contributed by atoms with Crippen LogP contribution in [0, 0.1) is 5.82 Å². The number of aliphatic imine (C=N–C) groups is 1. The third-order valence-corrected chi connectivity index (χ3v) is 5.54. The second-order valence-corrected chi connectivity index (χ2v) is 7.77. The number of aliphatic hydroxyl groups is 1. The molecule has 0 saturated carbocycles. The van der Waals surface area contributed by atoms with E-state index in [0.29, 0.717) is 12.2 Å². The molecule has 2 saturated heterocycles. The van der Waals surface area contributed by atoms with Crippen molar-refractivity contribution in [2.45, 2.75) is 57.3 Å². The third kappa shape index (κ3) is 6.94. The van der Waals surface area contributed by atoms with Crippen molar-refractivity contribution in [3.05, 3.63) is 35.6 Å². The first kappa shape index (κ1) is 22.0. The van der Waals surface area contributed by atoms with Gasteiger partial charge >= 0.3 is 0 Å². The minimum Gasteiger partial charge on any atom is -0.386 e. The molecule has 2 fully saturated rings. The lowest BCUT2D eigenvalue weighted by molar-refractivity contribution is -0.0721. The van der Waals surface area contributed by atoms with Gasteiger partial charge < -0.3 is 24.8 Å². The summed E-state index contributed by atoms with van der Waals surface area (Å²) in [5, 5.41) is 13.7. The first-order valence-electron chi connectivity index (χ1n) is 10.9. The molecule has 2 unspecified atom stereocenters. The number of piperidine rings is 1. The summed E-state index contributed by atoms with van der Waals surface area (Å²) >= 11 is 0. The number of guanidine groups is 1. The highest BCUT2D eigenvalue weighted by molar-refractivity contribution is 5.80. The van der Waals surface area contributed by atoms with Crippen LogP contribution in [0.3, 0.4) is 0 Å². The van der Waals surface area contributed by atoms with Crippen LogP contribution in [-0.4, -0.2) is 67.6 Å². The molecule has 2 N–H and O–H groups in total. The predicted molar refractivity (Wildman–Crippen MR) is 111 cm³/mol. The lowest BCUT2D eigenvalue weighted by atomic mass is 10.1. The maximum atomic E-state index is 13.1. The van der Waals surface area contributed by atoms with Gasteiger partial charge in [-0.15, -0.1) is 0 Å². The average molecular weight is 408 g/mol. The minimum absolute atomic E-state index is 0.239. The van der Waals surface area contributed by atoms with E-state index in [4.69, 9.17) is 9.47 Å². The van der Waals surface area contributed by atoms with Crippen LogP contribution in [0.4, 0.5) is 4.39 Å². The Morgan fingerprint density at radius 1 is 1.28 bits per heavy atom. The highest BCUT2D eigenvalue weighted by atomic mass is 19.1. The molecule has 3 rings (SSSR count). The molecule has 0 bridgehead atoms. The second-order valence-electron chi connectivity index (χ2n) is 7.77. The fourth-order valence-electron chi connectivity index (χ4n) is 3.81. The molecule has 0 spiro atoms. The zero-order valence-electron chi connectivity index (χ0n) is 17.4. The van der Waals surface area contributed by atoms with Crippen LogP contribution in [0.2, 0.25) is 0 Å². The Balaban J connectivity index is 1.46. The molecular formula is C22H34FN3O3. The molecule has 2 atom stereocenters. The van der Waals surface area contributed by atoms with E-state index in [2.05, 4.69) is 15.2 Å². The quantitative estimate of drug-likeness (QED) is 0.537. The first-order valence-corrected chi connectivity index (χ1v) is 10.9. The molecule has 29 heavy (non-hydrogen) atoms. The van der Waals surface area contributed by atoms with E-state index < -0.39 is 6.10 Å². The van der Waals surface area contributed by atoms with Gasteiger partial charge in [-0.1, -0.05) is 12.1 Å². The van der Waals surface area contributed by atoms with Crippen LogP contribution >= 0.6 is 0 Å². The predicted octanol–water partition coefficient (Wildman–Crippen LogP) is 2.87.